The van der Waals surface area contributed by atoms with Crippen LogP contribution in [0, 0.1) is 0 Å². The molecule has 1 aromatic rings. The van der Waals surface area contributed by atoms with Crippen molar-refractivity contribution in [2.75, 3.05) is 0 Å². The summed E-state index contributed by atoms with van der Waals surface area (Å²) in [7, 11) is -2.01. The Morgan fingerprint density at radius 3 is 2.08 bits per heavy atom. The minimum Gasteiger partial charge on any atom is -0.444 e. The molecule has 36 heavy (non-hydrogen) atoms. The monoisotopic (exact) mass is 517 g/mol. The quantitative estimate of drug-likeness (QED) is 0.205. The van der Waals surface area contributed by atoms with E-state index in [-0.39, 0.29) is 29.3 Å². The van der Waals surface area contributed by atoms with E-state index in [1.165, 1.54) is 44.1 Å². The molecule has 1 fully saturated rings. The van der Waals surface area contributed by atoms with Crippen LogP contribution in [0.5, 0.6) is 0 Å². The summed E-state index contributed by atoms with van der Waals surface area (Å²) in [6.45, 7) is 19.7. The summed E-state index contributed by atoms with van der Waals surface area (Å²) in [6.07, 6.45) is 11.5. The fourth-order valence-electron chi connectivity index (χ4n) is 4.95. The van der Waals surface area contributed by atoms with Gasteiger partial charge in [-0.25, -0.2) is 4.79 Å². The molecule has 5 heteroatoms. The van der Waals surface area contributed by atoms with Crippen molar-refractivity contribution >= 4 is 14.4 Å². The van der Waals surface area contributed by atoms with Gasteiger partial charge in [0.25, 0.3) is 0 Å². The van der Waals surface area contributed by atoms with E-state index in [9.17, 15) is 4.79 Å². The Morgan fingerprint density at radius 1 is 0.944 bits per heavy atom. The highest BCUT2D eigenvalue weighted by molar-refractivity contribution is 6.74. The van der Waals surface area contributed by atoms with Gasteiger partial charge in [-0.05, 0) is 63.7 Å². The van der Waals surface area contributed by atoms with Gasteiger partial charge in [0.05, 0.1) is 12.1 Å². The Labute approximate surface area is 223 Å². The van der Waals surface area contributed by atoms with Crippen molar-refractivity contribution in [2.45, 2.75) is 155 Å². The summed E-state index contributed by atoms with van der Waals surface area (Å²) < 4.78 is 13.0. The smallest absolute Gasteiger partial charge is 0.410 e. The standard InChI is InChI=1S/C31H55NO3Si/c1-10-11-12-13-14-15-19-22-26-24-28(35-36(8,9)31(5,6)7)27(23-25-20-17-16-18-21-25)32(26)29(33)34-30(2,3)4/h16-18,20-21,26-28H,10-15,19,22-24H2,1-9H3/t26?,27-,28-/m0/s1. The molecule has 0 aromatic heterocycles. The number of rotatable bonds is 12. The molecule has 0 spiro atoms. The molecule has 1 unspecified atom stereocenters. The Kier molecular flexibility index (Phi) is 11.5. The van der Waals surface area contributed by atoms with E-state index >= 15 is 0 Å². The number of likely N-dealkylation sites (tertiary alicyclic amines) is 1. The SMILES string of the molecule is CCCCCCCCCC1C[C@H](O[Si](C)(C)C(C)(C)C)[C@H](Cc2ccccc2)N1C(=O)OC(C)(C)C. The Hall–Kier alpha value is -1.33. The fraction of sp³-hybridized carbons (Fsp3) is 0.774. The number of amides is 1. The van der Waals surface area contributed by atoms with Crippen molar-refractivity contribution < 1.29 is 14.0 Å². The van der Waals surface area contributed by atoms with Gasteiger partial charge in [-0.1, -0.05) is 103 Å². The third-order valence-corrected chi connectivity index (χ3v) is 12.5. The van der Waals surface area contributed by atoms with Crippen molar-refractivity contribution in [1.29, 1.82) is 0 Å². The van der Waals surface area contributed by atoms with Crippen molar-refractivity contribution in [2.24, 2.45) is 0 Å². The first kappa shape index (κ1) is 30.9. The molecule has 0 bridgehead atoms. The maximum Gasteiger partial charge on any atom is 0.410 e. The van der Waals surface area contributed by atoms with Crippen LogP contribution in [-0.4, -0.2) is 43.1 Å². The molecule has 0 saturated carbocycles. The molecule has 0 N–H and O–H groups in total. The number of carbonyl (C=O) groups is 1. The minimum absolute atomic E-state index is 0.00840. The number of unbranched alkanes of at least 4 members (excludes halogenated alkanes) is 6. The first-order chi connectivity index (χ1) is 16.7. The minimum atomic E-state index is -2.01. The summed E-state index contributed by atoms with van der Waals surface area (Å²) >= 11 is 0. The Morgan fingerprint density at radius 2 is 1.53 bits per heavy atom. The molecule has 1 aromatic carbocycles. The predicted molar refractivity (Wildman–Crippen MR) is 155 cm³/mol. The second-order valence-corrected chi connectivity index (χ2v) is 18.1. The molecule has 1 heterocycles. The van der Waals surface area contributed by atoms with Gasteiger partial charge in [0.2, 0.25) is 0 Å². The summed E-state index contributed by atoms with van der Waals surface area (Å²) in [5, 5.41) is 0.123. The zero-order valence-electron chi connectivity index (χ0n) is 24.9. The van der Waals surface area contributed by atoms with Gasteiger partial charge in [0.1, 0.15) is 5.60 Å². The van der Waals surface area contributed by atoms with Gasteiger partial charge in [-0.2, -0.15) is 0 Å². The number of hydrogen-bond acceptors (Lipinski definition) is 3. The molecular formula is C31H55NO3Si. The van der Waals surface area contributed by atoms with Crippen molar-refractivity contribution in [3.63, 3.8) is 0 Å². The zero-order chi connectivity index (χ0) is 27.0. The van der Waals surface area contributed by atoms with Crippen molar-refractivity contribution in [1.82, 2.24) is 4.90 Å². The van der Waals surface area contributed by atoms with Gasteiger partial charge in [0, 0.05) is 6.04 Å². The lowest BCUT2D eigenvalue weighted by Crippen LogP contribution is -2.50. The maximum atomic E-state index is 13.6. The third kappa shape index (κ3) is 9.52. The Bertz CT molecular complexity index is 781. The molecule has 1 aliphatic heterocycles. The lowest BCUT2D eigenvalue weighted by atomic mass is 10.0. The summed E-state index contributed by atoms with van der Waals surface area (Å²) in [4.78, 5) is 15.7. The van der Waals surface area contributed by atoms with Crippen LogP contribution in [0.2, 0.25) is 18.1 Å². The zero-order valence-corrected chi connectivity index (χ0v) is 25.9. The highest BCUT2D eigenvalue weighted by Gasteiger charge is 2.49. The highest BCUT2D eigenvalue weighted by atomic mass is 28.4. The van der Waals surface area contributed by atoms with E-state index in [4.69, 9.17) is 9.16 Å². The summed E-state index contributed by atoms with van der Waals surface area (Å²) in [6, 6.07) is 10.7. The molecule has 4 nitrogen and oxygen atoms in total. The maximum absolute atomic E-state index is 13.6. The number of hydrogen-bond donors (Lipinski definition) is 0. The average Bonchev–Trinajstić information content (AvgIpc) is 3.08. The number of carbonyl (C=O) groups excluding carboxylic acids is 1. The van der Waals surface area contributed by atoms with E-state index in [1.54, 1.807) is 0 Å². The fourth-order valence-corrected chi connectivity index (χ4v) is 6.31. The largest absolute Gasteiger partial charge is 0.444 e. The lowest BCUT2D eigenvalue weighted by molar-refractivity contribution is 0.00866. The van der Waals surface area contributed by atoms with E-state index in [1.807, 2.05) is 20.8 Å². The van der Waals surface area contributed by atoms with Gasteiger partial charge >= 0.3 is 6.09 Å². The molecule has 1 amide bonds. The van der Waals surface area contributed by atoms with Gasteiger partial charge in [0.15, 0.2) is 8.32 Å². The Balaban J connectivity index is 2.27. The molecule has 0 aliphatic carbocycles. The van der Waals surface area contributed by atoms with Crippen LogP contribution in [0.1, 0.15) is 112 Å². The van der Waals surface area contributed by atoms with Crippen molar-refractivity contribution in [3.05, 3.63) is 35.9 Å². The van der Waals surface area contributed by atoms with E-state index in [2.05, 4.69) is 76.0 Å². The summed E-state index contributed by atoms with van der Waals surface area (Å²) in [5.41, 5.74) is 0.729. The lowest BCUT2D eigenvalue weighted by Gasteiger charge is -2.40. The first-order valence-corrected chi connectivity index (χ1v) is 17.4. The van der Waals surface area contributed by atoms with Crippen LogP contribution in [-0.2, 0) is 15.6 Å². The highest BCUT2D eigenvalue weighted by Crippen LogP contribution is 2.42. The number of nitrogens with zero attached hydrogens (tertiary/aromatic N) is 1. The molecule has 1 aliphatic rings. The second-order valence-electron chi connectivity index (χ2n) is 13.4. The molecule has 3 atom stereocenters. The van der Waals surface area contributed by atoms with Crippen LogP contribution in [0.3, 0.4) is 0 Å². The van der Waals surface area contributed by atoms with Crippen LogP contribution < -0.4 is 0 Å². The van der Waals surface area contributed by atoms with Crippen LogP contribution in [0.15, 0.2) is 30.3 Å². The van der Waals surface area contributed by atoms with Gasteiger partial charge < -0.3 is 9.16 Å². The van der Waals surface area contributed by atoms with Gasteiger partial charge in [-0.3, -0.25) is 4.90 Å². The molecule has 0 radical (unpaired) electrons. The molecular weight excluding hydrogens is 462 g/mol. The van der Waals surface area contributed by atoms with E-state index in [0.29, 0.717) is 0 Å². The number of benzene rings is 1. The second kappa shape index (κ2) is 13.5. The normalized spacial score (nSPS) is 21.1. The third-order valence-electron chi connectivity index (χ3n) is 7.97. The van der Waals surface area contributed by atoms with E-state index in [0.717, 1.165) is 25.7 Å². The number of ether oxygens (including phenoxy) is 1. The molecule has 1 saturated heterocycles. The van der Waals surface area contributed by atoms with E-state index < -0.39 is 13.9 Å². The predicted octanol–water partition coefficient (Wildman–Crippen LogP) is 9.14. The van der Waals surface area contributed by atoms with Gasteiger partial charge in [-0.15, -0.1) is 0 Å². The van der Waals surface area contributed by atoms with Crippen LogP contribution in [0.4, 0.5) is 4.79 Å². The molecule has 2 rings (SSSR count). The first-order valence-electron chi connectivity index (χ1n) is 14.5. The average molecular weight is 518 g/mol. The van der Waals surface area contributed by atoms with Crippen molar-refractivity contribution in [3.8, 4) is 0 Å². The summed E-state index contributed by atoms with van der Waals surface area (Å²) in [5.74, 6) is 0. The van der Waals surface area contributed by atoms with Crippen LogP contribution >= 0.6 is 0 Å². The van der Waals surface area contributed by atoms with Crippen LogP contribution in [0.25, 0.3) is 0 Å². The molecule has 206 valence electrons. The topological polar surface area (TPSA) is 38.8 Å².